The minimum atomic E-state index is -0.616. The maximum absolute atomic E-state index is 10.0. The van der Waals surface area contributed by atoms with Crippen molar-refractivity contribution in [3.63, 3.8) is 0 Å². The topological polar surface area (TPSA) is 80.2 Å². The van der Waals surface area contributed by atoms with Gasteiger partial charge < -0.3 is 29.7 Å². The molecule has 26 heavy (non-hydrogen) atoms. The average Bonchev–Trinajstić information content (AvgIpc) is 2.66. The van der Waals surface area contributed by atoms with Crippen molar-refractivity contribution < 1.29 is 24.4 Å². The first-order chi connectivity index (χ1) is 12.5. The van der Waals surface area contributed by atoms with Crippen molar-refractivity contribution in [1.29, 1.82) is 0 Å². The van der Waals surface area contributed by atoms with Crippen molar-refractivity contribution in [1.82, 2.24) is 5.32 Å². The fourth-order valence-electron chi connectivity index (χ4n) is 2.51. The van der Waals surface area contributed by atoms with Gasteiger partial charge in [-0.1, -0.05) is 6.07 Å². The number of hydrogen-bond acceptors (Lipinski definition) is 6. The molecule has 0 aliphatic rings. The molecule has 0 aromatic heterocycles. The molecular weight excluding hydrogens is 334 g/mol. The van der Waals surface area contributed by atoms with E-state index in [4.69, 9.17) is 14.2 Å². The Morgan fingerprint density at radius 3 is 2.50 bits per heavy atom. The highest BCUT2D eigenvalue weighted by atomic mass is 16.5. The van der Waals surface area contributed by atoms with Crippen LogP contribution in [0, 0.1) is 6.92 Å². The molecule has 0 saturated heterocycles. The highest BCUT2D eigenvalue weighted by molar-refractivity contribution is 5.43. The first kappa shape index (κ1) is 19.9. The maximum Gasteiger partial charge on any atom is 0.160 e. The van der Waals surface area contributed by atoms with Crippen LogP contribution in [0.3, 0.4) is 0 Å². The van der Waals surface area contributed by atoms with E-state index in [1.54, 1.807) is 39.3 Å². The van der Waals surface area contributed by atoms with Gasteiger partial charge in [0.2, 0.25) is 0 Å². The Labute approximate surface area is 154 Å². The van der Waals surface area contributed by atoms with Crippen molar-refractivity contribution >= 4 is 0 Å². The average molecular weight is 361 g/mol. The number of hydrogen-bond donors (Lipinski definition) is 3. The molecule has 1 atom stereocenters. The van der Waals surface area contributed by atoms with E-state index >= 15 is 0 Å². The number of ether oxygens (including phenoxy) is 3. The van der Waals surface area contributed by atoms with Crippen molar-refractivity contribution in [3.8, 4) is 23.0 Å². The van der Waals surface area contributed by atoms with Gasteiger partial charge in [-0.3, -0.25) is 0 Å². The van der Waals surface area contributed by atoms with Crippen molar-refractivity contribution in [3.05, 3.63) is 47.5 Å². The van der Waals surface area contributed by atoms with Crippen LogP contribution >= 0.6 is 0 Å². The van der Waals surface area contributed by atoms with Crippen molar-refractivity contribution in [2.75, 3.05) is 33.9 Å². The minimum absolute atomic E-state index is 0.188. The number of benzene rings is 2. The van der Waals surface area contributed by atoms with Gasteiger partial charge >= 0.3 is 0 Å². The van der Waals surface area contributed by atoms with Crippen LogP contribution in [0.25, 0.3) is 0 Å². The van der Waals surface area contributed by atoms with Gasteiger partial charge in [-0.2, -0.15) is 0 Å². The van der Waals surface area contributed by atoms with Crippen molar-refractivity contribution in [2.24, 2.45) is 0 Å². The van der Waals surface area contributed by atoms with Crippen LogP contribution in [0.15, 0.2) is 36.4 Å². The molecule has 6 heteroatoms. The Morgan fingerprint density at radius 2 is 1.81 bits per heavy atom. The Bertz CT molecular complexity index is 705. The van der Waals surface area contributed by atoms with E-state index in [2.05, 4.69) is 5.32 Å². The summed E-state index contributed by atoms with van der Waals surface area (Å²) in [4.78, 5) is 0. The lowest BCUT2D eigenvalue weighted by atomic mass is 10.1. The normalized spacial score (nSPS) is 11.8. The van der Waals surface area contributed by atoms with Gasteiger partial charge in [0.05, 0.1) is 14.2 Å². The first-order valence-electron chi connectivity index (χ1n) is 8.55. The van der Waals surface area contributed by atoms with Crippen LogP contribution < -0.4 is 19.5 Å². The summed E-state index contributed by atoms with van der Waals surface area (Å²) in [5.74, 6) is 2.28. The lowest BCUT2D eigenvalue weighted by Gasteiger charge is -2.14. The van der Waals surface area contributed by atoms with Gasteiger partial charge in [0.15, 0.2) is 11.5 Å². The number of phenols is 1. The second-order valence-corrected chi connectivity index (χ2v) is 6.06. The highest BCUT2D eigenvalue weighted by Gasteiger charge is 2.07. The highest BCUT2D eigenvalue weighted by Crippen LogP contribution is 2.27. The fourth-order valence-corrected chi connectivity index (χ4v) is 2.51. The third-order valence-corrected chi connectivity index (χ3v) is 4.03. The van der Waals surface area contributed by atoms with E-state index in [0.717, 1.165) is 24.1 Å². The monoisotopic (exact) mass is 361 g/mol. The third kappa shape index (κ3) is 5.82. The zero-order valence-corrected chi connectivity index (χ0v) is 15.5. The van der Waals surface area contributed by atoms with E-state index in [0.29, 0.717) is 23.8 Å². The van der Waals surface area contributed by atoms with Crippen LogP contribution in [-0.2, 0) is 6.42 Å². The SMILES string of the molecule is COc1ccc(CCNCC(O)COc2ccc(O)c(C)c2)cc1OC. The van der Waals surface area contributed by atoms with Gasteiger partial charge in [0, 0.05) is 6.54 Å². The van der Waals surface area contributed by atoms with Crippen LogP contribution in [0.1, 0.15) is 11.1 Å². The number of nitrogens with one attached hydrogen (secondary N) is 1. The van der Waals surface area contributed by atoms with E-state index in [1.807, 2.05) is 18.2 Å². The lowest BCUT2D eigenvalue weighted by Crippen LogP contribution is -2.32. The molecule has 2 rings (SSSR count). The van der Waals surface area contributed by atoms with E-state index in [1.165, 1.54) is 0 Å². The number of aliphatic hydroxyl groups excluding tert-OH is 1. The predicted molar refractivity (Wildman–Crippen MR) is 100 cm³/mol. The Hall–Kier alpha value is -2.44. The Balaban J connectivity index is 1.69. The molecule has 0 aliphatic heterocycles. The molecule has 0 saturated carbocycles. The van der Waals surface area contributed by atoms with Crippen LogP contribution in [0.2, 0.25) is 0 Å². The fraction of sp³-hybridized carbons (Fsp3) is 0.400. The summed E-state index contributed by atoms with van der Waals surface area (Å²) < 4.78 is 16.1. The number of aryl methyl sites for hydroxylation is 1. The molecule has 3 N–H and O–H groups in total. The number of methoxy groups -OCH3 is 2. The number of phenolic OH excluding ortho intramolecular Hbond substituents is 1. The molecule has 0 spiro atoms. The van der Waals surface area contributed by atoms with Gasteiger partial charge in [-0.15, -0.1) is 0 Å². The van der Waals surface area contributed by atoms with Crippen LogP contribution in [0.4, 0.5) is 0 Å². The largest absolute Gasteiger partial charge is 0.508 e. The molecule has 2 aromatic rings. The zero-order valence-electron chi connectivity index (χ0n) is 15.5. The molecule has 1 unspecified atom stereocenters. The summed E-state index contributed by atoms with van der Waals surface area (Å²) >= 11 is 0. The first-order valence-corrected chi connectivity index (χ1v) is 8.55. The summed E-state index contributed by atoms with van der Waals surface area (Å²) in [5, 5.41) is 22.7. The zero-order chi connectivity index (χ0) is 18.9. The van der Waals surface area contributed by atoms with Crippen molar-refractivity contribution in [2.45, 2.75) is 19.4 Å². The third-order valence-electron chi connectivity index (χ3n) is 4.03. The van der Waals surface area contributed by atoms with Gasteiger partial charge in [0.1, 0.15) is 24.2 Å². The lowest BCUT2D eigenvalue weighted by molar-refractivity contribution is 0.106. The smallest absolute Gasteiger partial charge is 0.160 e. The van der Waals surface area contributed by atoms with Gasteiger partial charge in [0.25, 0.3) is 0 Å². The second kappa shape index (κ2) is 9.89. The summed E-state index contributed by atoms with van der Waals surface area (Å²) in [7, 11) is 3.23. The second-order valence-electron chi connectivity index (χ2n) is 6.06. The van der Waals surface area contributed by atoms with Gasteiger partial charge in [-0.25, -0.2) is 0 Å². The van der Waals surface area contributed by atoms with Gasteiger partial charge in [-0.05, 0) is 61.3 Å². The molecular formula is C20H27NO5. The van der Waals surface area contributed by atoms with E-state index in [-0.39, 0.29) is 12.4 Å². The molecule has 0 fully saturated rings. The molecule has 0 bridgehead atoms. The summed E-state index contributed by atoms with van der Waals surface area (Å²) in [6.07, 6.45) is 0.194. The Kier molecular flexibility index (Phi) is 7.56. The standard InChI is InChI=1S/C20H27NO5/c1-14-10-17(5-6-18(14)23)26-13-16(22)12-21-9-8-15-4-7-19(24-2)20(11-15)25-3/h4-7,10-11,16,21-23H,8-9,12-13H2,1-3H3. The van der Waals surface area contributed by atoms with E-state index < -0.39 is 6.10 Å². The molecule has 0 amide bonds. The molecule has 0 heterocycles. The molecule has 6 nitrogen and oxygen atoms in total. The summed E-state index contributed by atoms with van der Waals surface area (Å²) in [6, 6.07) is 10.8. The predicted octanol–water partition coefficient (Wildman–Crippen LogP) is 2.29. The van der Waals surface area contributed by atoms with Crippen LogP contribution in [0.5, 0.6) is 23.0 Å². The summed E-state index contributed by atoms with van der Waals surface area (Å²) in [6.45, 7) is 3.15. The summed E-state index contributed by atoms with van der Waals surface area (Å²) in [5.41, 5.74) is 1.87. The van der Waals surface area contributed by atoms with Crippen LogP contribution in [-0.4, -0.2) is 50.2 Å². The molecule has 142 valence electrons. The Morgan fingerprint density at radius 1 is 1.04 bits per heavy atom. The maximum atomic E-state index is 10.0. The minimum Gasteiger partial charge on any atom is -0.508 e. The quantitative estimate of drug-likeness (QED) is 0.564. The number of aromatic hydroxyl groups is 1. The molecule has 0 aliphatic carbocycles. The number of rotatable bonds is 10. The number of aliphatic hydroxyl groups is 1. The molecule has 0 radical (unpaired) electrons. The molecule has 2 aromatic carbocycles. The van der Waals surface area contributed by atoms with E-state index in [9.17, 15) is 10.2 Å².